The van der Waals surface area contributed by atoms with Crippen LogP contribution in [0.15, 0.2) is 0 Å². The lowest BCUT2D eigenvalue weighted by Gasteiger charge is -2.29. The van der Waals surface area contributed by atoms with E-state index < -0.39 is 0 Å². The minimum atomic E-state index is 0.0675. The Balaban J connectivity index is 2.14. The van der Waals surface area contributed by atoms with Gasteiger partial charge >= 0.3 is 0 Å². The maximum absolute atomic E-state index is 6.05. The number of ether oxygens (including phenoxy) is 2. The van der Waals surface area contributed by atoms with Crippen LogP contribution in [0, 0.1) is 0 Å². The quantitative estimate of drug-likeness (QED) is 0.712. The second kappa shape index (κ2) is 7.44. The van der Waals surface area contributed by atoms with Gasteiger partial charge in [-0.1, -0.05) is 0 Å². The van der Waals surface area contributed by atoms with E-state index in [1.807, 2.05) is 0 Å². The first-order valence-corrected chi connectivity index (χ1v) is 6.09. The van der Waals surface area contributed by atoms with Gasteiger partial charge in [-0.15, -0.1) is 11.6 Å². The van der Waals surface area contributed by atoms with Crippen molar-refractivity contribution in [2.24, 2.45) is 0 Å². The van der Waals surface area contributed by atoms with Gasteiger partial charge < -0.3 is 14.8 Å². The first-order chi connectivity index (χ1) is 7.26. The van der Waals surface area contributed by atoms with E-state index in [0.29, 0.717) is 18.8 Å². The number of hydrogen-bond acceptors (Lipinski definition) is 3. The van der Waals surface area contributed by atoms with Gasteiger partial charge in [-0.05, 0) is 25.7 Å². The van der Waals surface area contributed by atoms with Crippen LogP contribution in [0.25, 0.3) is 0 Å². The Labute approximate surface area is 97.5 Å². The first kappa shape index (κ1) is 13.2. The number of hydrogen-bond donors (Lipinski definition) is 1. The summed E-state index contributed by atoms with van der Waals surface area (Å²) in [5.74, 6) is 0. The molecule has 1 aliphatic rings. The van der Waals surface area contributed by atoms with Crippen molar-refractivity contribution >= 4 is 11.6 Å². The third-order valence-corrected chi connectivity index (χ3v) is 3.22. The minimum Gasteiger partial charge on any atom is -0.383 e. The third kappa shape index (κ3) is 5.16. The van der Waals surface area contributed by atoms with Gasteiger partial charge in [-0.25, -0.2) is 0 Å². The normalized spacial score (nSPS) is 29.0. The smallest absolute Gasteiger partial charge is 0.0694 e. The molecule has 0 radical (unpaired) electrons. The lowest BCUT2D eigenvalue weighted by atomic mass is 9.93. The predicted molar refractivity (Wildman–Crippen MR) is 62.6 cm³/mol. The molecule has 0 saturated heterocycles. The maximum Gasteiger partial charge on any atom is 0.0694 e. The van der Waals surface area contributed by atoms with Gasteiger partial charge in [0.2, 0.25) is 0 Å². The summed E-state index contributed by atoms with van der Waals surface area (Å²) in [4.78, 5) is 0. The molecule has 0 heterocycles. The molecule has 1 N–H and O–H groups in total. The van der Waals surface area contributed by atoms with Gasteiger partial charge in [0.25, 0.3) is 0 Å². The monoisotopic (exact) mass is 235 g/mol. The molecule has 0 spiro atoms. The summed E-state index contributed by atoms with van der Waals surface area (Å²) in [5.41, 5.74) is 0. The van der Waals surface area contributed by atoms with Crippen LogP contribution in [0.4, 0.5) is 0 Å². The molecule has 0 amide bonds. The lowest BCUT2D eigenvalue weighted by Crippen LogP contribution is -2.40. The van der Waals surface area contributed by atoms with E-state index >= 15 is 0 Å². The van der Waals surface area contributed by atoms with Crippen LogP contribution in [0.3, 0.4) is 0 Å². The zero-order chi connectivity index (χ0) is 11.1. The molecule has 0 bridgehead atoms. The molecule has 1 aliphatic carbocycles. The van der Waals surface area contributed by atoms with Crippen molar-refractivity contribution < 1.29 is 9.47 Å². The molecule has 0 aliphatic heterocycles. The number of methoxy groups -OCH3 is 2. The highest BCUT2D eigenvalue weighted by Gasteiger charge is 2.21. The third-order valence-electron chi connectivity index (χ3n) is 2.93. The molecule has 4 heteroatoms. The van der Waals surface area contributed by atoms with Gasteiger partial charge in [-0.2, -0.15) is 0 Å². The Morgan fingerprint density at radius 1 is 1.40 bits per heavy atom. The van der Waals surface area contributed by atoms with E-state index in [1.54, 1.807) is 14.2 Å². The summed E-state index contributed by atoms with van der Waals surface area (Å²) in [5, 5.41) is 3.55. The van der Waals surface area contributed by atoms with E-state index in [9.17, 15) is 0 Å². The fourth-order valence-corrected chi connectivity index (χ4v) is 2.29. The second-order valence-electron chi connectivity index (χ2n) is 4.18. The average Bonchev–Trinajstić information content (AvgIpc) is 2.27. The molecule has 90 valence electrons. The number of rotatable bonds is 6. The highest BCUT2D eigenvalue weighted by atomic mass is 35.5. The number of alkyl halides is 1. The summed E-state index contributed by atoms with van der Waals surface area (Å²) in [7, 11) is 3.47. The lowest BCUT2D eigenvalue weighted by molar-refractivity contribution is 0.0586. The Bertz CT molecular complexity index is 169. The standard InChI is InChI=1S/C11H22ClNO2/c1-14-8-9(12)7-13-10-4-3-5-11(6-10)15-2/h9-11,13H,3-8H2,1-2H3. The molecule has 3 unspecified atom stereocenters. The van der Waals surface area contributed by atoms with Crippen molar-refractivity contribution in [3.8, 4) is 0 Å². The molecule has 1 rings (SSSR count). The molecule has 15 heavy (non-hydrogen) atoms. The number of nitrogens with one attached hydrogen (secondary N) is 1. The molecule has 0 aromatic rings. The van der Waals surface area contributed by atoms with Gasteiger partial charge in [0.15, 0.2) is 0 Å². The van der Waals surface area contributed by atoms with Gasteiger partial charge in [0.1, 0.15) is 0 Å². The van der Waals surface area contributed by atoms with Gasteiger partial charge in [0.05, 0.1) is 18.1 Å². The highest BCUT2D eigenvalue weighted by Crippen LogP contribution is 2.20. The van der Waals surface area contributed by atoms with E-state index in [1.165, 1.54) is 19.3 Å². The molecule has 3 atom stereocenters. The zero-order valence-electron chi connectivity index (χ0n) is 9.67. The van der Waals surface area contributed by atoms with Crippen molar-refractivity contribution in [2.45, 2.75) is 43.2 Å². The fraction of sp³-hybridized carbons (Fsp3) is 1.00. The predicted octanol–water partition coefficient (Wildman–Crippen LogP) is 1.79. The number of halogens is 1. The summed E-state index contributed by atoms with van der Waals surface area (Å²) < 4.78 is 10.4. The summed E-state index contributed by atoms with van der Waals surface area (Å²) >= 11 is 6.05. The molecule has 1 fully saturated rings. The topological polar surface area (TPSA) is 30.5 Å². The largest absolute Gasteiger partial charge is 0.383 e. The second-order valence-corrected chi connectivity index (χ2v) is 4.80. The van der Waals surface area contributed by atoms with Crippen LogP contribution in [0.1, 0.15) is 25.7 Å². The van der Waals surface area contributed by atoms with E-state index in [2.05, 4.69) is 5.32 Å². The maximum atomic E-state index is 6.05. The van der Waals surface area contributed by atoms with Crippen molar-refractivity contribution in [3.05, 3.63) is 0 Å². The first-order valence-electron chi connectivity index (χ1n) is 5.65. The highest BCUT2D eigenvalue weighted by molar-refractivity contribution is 6.20. The molecular weight excluding hydrogens is 214 g/mol. The van der Waals surface area contributed by atoms with E-state index in [0.717, 1.165) is 13.0 Å². The van der Waals surface area contributed by atoms with Crippen LogP contribution >= 0.6 is 11.6 Å². The molecule has 3 nitrogen and oxygen atoms in total. The van der Waals surface area contributed by atoms with Crippen LogP contribution in [0.2, 0.25) is 0 Å². The van der Waals surface area contributed by atoms with Crippen molar-refractivity contribution in [1.82, 2.24) is 5.32 Å². The van der Waals surface area contributed by atoms with Crippen LogP contribution in [-0.2, 0) is 9.47 Å². The molecule has 1 saturated carbocycles. The van der Waals surface area contributed by atoms with E-state index in [4.69, 9.17) is 21.1 Å². The van der Waals surface area contributed by atoms with Crippen molar-refractivity contribution in [1.29, 1.82) is 0 Å². The summed E-state index contributed by atoms with van der Waals surface area (Å²) in [6.45, 7) is 1.42. The molecule has 0 aromatic carbocycles. The zero-order valence-corrected chi connectivity index (χ0v) is 10.4. The summed E-state index contributed by atoms with van der Waals surface area (Å²) in [6.07, 6.45) is 5.20. The molecular formula is C11H22ClNO2. The van der Waals surface area contributed by atoms with Crippen LogP contribution < -0.4 is 5.32 Å². The Hall–Kier alpha value is 0.170. The Kier molecular flexibility index (Phi) is 6.57. The molecule has 0 aromatic heterocycles. The van der Waals surface area contributed by atoms with Crippen molar-refractivity contribution in [2.75, 3.05) is 27.4 Å². The SMILES string of the molecule is COCC(Cl)CNC1CCCC(OC)C1. The van der Waals surface area contributed by atoms with Gasteiger partial charge in [0, 0.05) is 26.8 Å². The van der Waals surface area contributed by atoms with Crippen LogP contribution in [-0.4, -0.2) is 44.9 Å². The fourth-order valence-electron chi connectivity index (χ4n) is 2.08. The van der Waals surface area contributed by atoms with E-state index in [-0.39, 0.29) is 5.38 Å². The Morgan fingerprint density at radius 2 is 2.20 bits per heavy atom. The van der Waals surface area contributed by atoms with Gasteiger partial charge in [-0.3, -0.25) is 0 Å². The van der Waals surface area contributed by atoms with Crippen LogP contribution in [0.5, 0.6) is 0 Å². The summed E-state index contributed by atoms with van der Waals surface area (Å²) in [6, 6.07) is 0.557. The Morgan fingerprint density at radius 3 is 2.87 bits per heavy atom. The van der Waals surface area contributed by atoms with Crippen molar-refractivity contribution in [3.63, 3.8) is 0 Å². The minimum absolute atomic E-state index is 0.0675. The average molecular weight is 236 g/mol.